The smallest absolute Gasteiger partial charge is 0.225 e. The molecule has 12 heteroatoms. The van der Waals surface area contributed by atoms with Crippen molar-refractivity contribution in [3.05, 3.63) is 48.5 Å². The Morgan fingerprint density at radius 3 is 2.42 bits per heavy atom. The molecule has 2 fully saturated rings. The average Bonchev–Trinajstić information content (AvgIpc) is 3.37. The Bertz CT molecular complexity index is 1390. The van der Waals surface area contributed by atoms with Gasteiger partial charge in [0.1, 0.15) is 18.2 Å². The van der Waals surface area contributed by atoms with Crippen LogP contribution in [0.25, 0.3) is 0 Å². The third-order valence-corrected chi connectivity index (χ3v) is 8.40. The summed E-state index contributed by atoms with van der Waals surface area (Å²) < 4.78 is 35.5. The molecule has 0 unspecified atom stereocenters. The predicted molar refractivity (Wildman–Crippen MR) is 143 cm³/mol. The molecular formula is C26H31N7O4S. The Balaban J connectivity index is 1.07. The van der Waals surface area contributed by atoms with Crippen LogP contribution in [0.3, 0.4) is 0 Å². The summed E-state index contributed by atoms with van der Waals surface area (Å²) in [5.41, 5.74) is 3.00. The standard InChI is InChI=1S/C26H31N7O4S/c1-38(34,35)22-2-3-23-19(14-22)4-9-33(23)24-15-25(30-18-29-24)37-21-5-7-32(8-6-21)26-27-16-20(17-28-26)31-10-12-36-13-11-31/h2-3,14-18,21H,4-13H2,1H3. The number of hydrogen-bond donors (Lipinski definition) is 0. The van der Waals surface area contributed by atoms with Gasteiger partial charge in [0.25, 0.3) is 0 Å². The van der Waals surface area contributed by atoms with Gasteiger partial charge in [0, 0.05) is 63.6 Å². The number of morpholine rings is 1. The summed E-state index contributed by atoms with van der Waals surface area (Å²) in [5, 5.41) is 0. The maximum atomic E-state index is 11.9. The zero-order valence-corrected chi connectivity index (χ0v) is 22.2. The SMILES string of the molecule is CS(=O)(=O)c1ccc2c(c1)CCN2c1cc(OC2CCN(c3ncc(N4CCOCC4)cn3)CC2)ncn1. The normalized spacial score (nSPS) is 18.5. The van der Waals surface area contributed by atoms with Gasteiger partial charge in [0.05, 0.1) is 36.2 Å². The van der Waals surface area contributed by atoms with E-state index in [4.69, 9.17) is 9.47 Å². The van der Waals surface area contributed by atoms with Gasteiger partial charge < -0.3 is 24.2 Å². The minimum atomic E-state index is -3.24. The van der Waals surface area contributed by atoms with E-state index in [9.17, 15) is 8.42 Å². The number of anilines is 4. The lowest BCUT2D eigenvalue weighted by Gasteiger charge is -2.32. The first-order chi connectivity index (χ1) is 18.4. The molecule has 3 aliphatic heterocycles. The minimum absolute atomic E-state index is 0.0461. The molecular weight excluding hydrogens is 506 g/mol. The fourth-order valence-corrected chi connectivity index (χ4v) is 5.87. The Morgan fingerprint density at radius 2 is 1.68 bits per heavy atom. The molecule has 0 atom stereocenters. The fraction of sp³-hybridized carbons (Fsp3) is 0.462. The second kappa shape index (κ2) is 10.3. The monoisotopic (exact) mass is 537 g/mol. The molecule has 0 radical (unpaired) electrons. The van der Waals surface area contributed by atoms with E-state index in [-0.39, 0.29) is 6.10 Å². The van der Waals surface area contributed by atoms with Crippen LogP contribution < -0.4 is 19.4 Å². The van der Waals surface area contributed by atoms with Crippen LogP contribution in [0.2, 0.25) is 0 Å². The van der Waals surface area contributed by atoms with Gasteiger partial charge in [-0.25, -0.2) is 28.4 Å². The summed E-state index contributed by atoms with van der Waals surface area (Å²) in [7, 11) is -3.24. The minimum Gasteiger partial charge on any atom is -0.474 e. The lowest BCUT2D eigenvalue weighted by molar-refractivity contribution is 0.122. The summed E-state index contributed by atoms with van der Waals surface area (Å²) in [6.45, 7) is 5.54. The second-order valence-electron chi connectivity index (χ2n) is 9.82. The van der Waals surface area contributed by atoms with Crippen molar-refractivity contribution in [2.45, 2.75) is 30.3 Å². The summed E-state index contributed by atoms with van der Waals surface area (Å²) in [6.07, 6.45) is 9.04. The molecule has 0 saturated carbocycles. The van der Waals surface area contributed by atoms with Crippen molar-refractivity contribution in [1.29, 1.82) is 0 Å². The third kappa shape index (κ3) is 5.23. The van der Waals surface area contributed by atoms with E-state index < -0.39 is 9.84 Å². The maximum absolute atomic E-state index is 11.9. The van der Waals surface area contributed by atoms with Gasteiger partial charge in [0.15, 0.2) is 9.84 Å². The van der Waals surface area contributed by atoms with Crippen molar-refractivity contribution in [1.82, 2.24) is 19.9 Å². The van der Waals surface area contributed by atoms with Gasteiger partial charge in [-0.05, 0) is 30.2 Å². The van der Waals surface area contributed by atoms with Gasteiger partial charge in [-0.15, -0.1) is 0 Å². The van der Waals surface area contributed by atoms with Crippen molar-refractivity contribution in [3.63, 3.8) is 0 Å². The summed E-state index contributed by atoms with van der Waals surface area (Å²) in [6, 6.07) is 7.13. The first-order valence-corrected chi connectivity index (χ1v) is 14.8. The van der Waals surface area contributed by atoms with E-state index >= 15 is 0 Å². The Kier molecular flexibility index (Phi) is 6.75. The van der Waals surface area contributed by atoms with Crippen molar-refractivity contribution in [2.75, 3.05) is 66.9 Å². The molecule has 6 rings (SSSR count). The van der Waals surface area contributed by atoms with Crippen molar-refractivity contribution in [3.8, 4) is 5.88 Å². The average molecular weight is 538 g/mol. The van der Waals surface area contributed by atoms with Crippen LogP contribution in [-0.4, -0.2) is 86.7 Å². The topological polar surface area (TPSA) is 114 Å². The highest BCUT2D eigenvalue weighted by atomic mass is 32.2. The highest BCUT2D eigenvalue weighted by Crippen LogP contribution is 2.35. The molecule has 3 aliphatic rings. The number of piperidine rings is 1. The van der Waals surface area contributed by atoms with Crippen LogP contribution in [0, 0.1) is 0 Å². The molecule has 200 valence electrons. The van der Waals surface area contributed by atoms with E-state index in [2.05, 4.69) is 34.6 Å². The van der Waals surface area contributed by atoms with Crippen LogP contribution in [-0.2, 0) is 21.0 Å². The number of aromatic nitrogens is 4. The molecule has 0 spiro atoms. The van der Waals surface area contributed by atoms with Gasteiger partial charge in [-0.1, -0.05) is 0 Å². The van der Waals surface area contributed by atoms with Gasteiger partial charge in [-0.3, -0.25) is 0 Å². The summed E-state index contributed by atoms with van der Waals surface area (Å²) in [4.78, 5) is 24.9. The van der Waals surface area contributed by atoms with E-state index in [1.165, 1.54) is 12.6 Å². The lowest BCUT2D eigenvalue weighted by atomic mass is 10.1. The first kappa shape index (κ1) is 24.8. The number of hydrogen-bond acceptors (Lipinski definition) is 11. The molecule has 0 aliphatic carbocycles. The van der Waals surface area contributed by atoms with Crippen LogP contribution >= 0.6 is 0 Å². The van der Waals surface area contributed by atoms with E-state index in [1.54, 1.807) is 12.1 Å². The molecule has 1 aromatic carbocycles. The Morgan fingerprint density at radius 1 is 0.921 bits per heavy atom. The number of ether oxygens (including phenoxy) is 2. The van der Waals surface area contributed by atoms with E-state index in [0.717, 1.165) is 93.9 Å². The zero-order chi connectivity index (χ0) is 26.1. The third-order valence-electron chi connectivity index (χ3n) is 7.29. The summed E-state index contributed by atoms with van der Waals surface area (Å²) in [5.74, 6) is 2.03. The largest absolute Gasteiger partial charge is 0.474 e. The predicted octanol–water partition coefficient (Wildman–Crippen LogP) is 2.25. The zero-order valence-electron chi connectivity index (χ0n) is 21.4. The number of nitrogens with zero attached hydrogens (tertiary/aromatic N) is 7. The molecule has 38 heavy (non-hydrogen) atoms. The number of fused-ring (bicyclic) bond motifs is 1. The molecule has 0 amide bonds. The Labute approximate surface area is 222 Å². The van der Waals surface area contributed by atoms with Crippen LogP contribution in [0.4, 0.5) is 23.1 Å². The van der Waals surface area contributed by atoms with Gasteiger partial charge in [-0.2, -0.15) is 0 Å². The summed E-state index contributed by atoms with van der Waals surface area (Å²) >= 11 is 0. The van der Waals surface area contributed by atoms with Crippen molar-refractivity contribution < 1.29 is 17.9 Å². The van der Waals surface area contributed by atoms with Gasteiger partial charge >= 0.3 is 0 Å². The fourth-order valence-electron chi connectivity index (χ4n) is 5.20. The Hall–Kier alpha value is -3.51. The van der Waals surface area contributed by atoms with E-state index in [1.807, 2.05) is 24.5 Å². The number of rotatable bonds is 6. The highest BCUT2D eigenvalue weighted by molar-refractivity contribution is 7.90. The van der Waals surface area contributed by atoms with Crippen molar-refractivity contribution in [2.24, 2.45) is 0 Å². The van der Waals surface area contributed by atoms with E-state index in [0.29, 0.717) is 10.8 Å². The molecule has 11 nitrogen and oxygen atoms in total. The van der Waals surface area contributed by atoms with Crippen LogP contribution in [0.15, 0.2) is 47.9 Å². The van der Waals surface area contributed by atoms with Gasteiger partial charge in [0.2, 0.25) is 11.8 Å². The molecule has 0 N–H and O–H groups in total. The van der Waals surface area contributed by atoms with Crippen LogP contribution in [0.1, 0.15) is 18.4 Å². The maximum Gasteiger partial charge on any atom is 0.225 e. The molecule has 0 bridgehead atoms. The first-order valence-electron chi connectivity index (χ1n) is 12.9. The lowest BCUT2D eigenvalue weighted by Crippen LogP contribution is -2.39. The molecule has 5 heterocycles. The second-order valence-corrected chi connectivity index (χ2v) is 11.8. The van der Waals surface area contributed by atoms with Crippen LogP contribution in [0.5, 0.6) is 5.88 Å². The highest BCUT2D eigenvalue weighted by Gasteiger charge is 2.26. The molecule has 3 aromatic rings. The number of benzene rings is 1. The molecule has 2 saturated heterocycles. The quantitative estimate of drug-likeness (QED) is 0.461. The molecule has 2 aromatic heterocycles. The number of sulfone groups is 1. The van der Waals surface area contributed by atoms with Crippen molar-refractivity contribution >= 4 is 33.0 Å².